The summed E-state index contributed by atoms with van der Waals surface area (Å²) in [6, 6.07) is 20.9. The molecule has 1 unspecified atom stereocenters. The molecule has 0 spiro atoms. The van der Waals surface area contributed by atoms with Crippen molar-refractivity contribution in [3.05, 3.63) is 76.8 Å². The van der Waals surface area contributed by atoms with Crippen LogP contribution in [0.5, 0.6) is 5.75 Å². The molecule has 1 N–H and O–H groups in total. The van der Waals surface area contributed by atoms with Crippen molar-refractivity contribution in [3.8, 4) is 5.75 Å². The maximum absolute atomic E-state index is 6.15. The molecule has 0 bridgehead atoms. The molecule has 0 amide bonds. The van der Waals surface area contributed by atoms with E-state index in [1.165, 1.54) is 16.3 Å². The fourth-order valence-corrected chi connectivity index (χ4v) is 3.05. The van der Waals surface area contributed by atoms with Crippen molar-refractivity contribution in [2.24, 2.45) is 0 Å². The van der Waals surface area contributed by atoms with Crippen LogP contribution in [0.2, 0.25) is 5.02 Å². The quantitative estimate of drug-likeness (QED) is 0.565. The van der Waals surface area contributed by atoms with E-state index >= 15 is 0 Å². The van der Waals surface area contributed by atoms with Gasteiger partial charge in [0.2, 0.25) is 0 Å². The SMILES string of the molecule is CCC(C)NCc1c(OCc2cccc(Cl)c2)ccc2ccccc12. The van der Waals surface area contributed by atoms with E-state index in [1.54, 1.807) is 0 Å². The summed E-state index contributed by atoms with van der Waals surface area (Å²) in [4.78, 5) is 0. The summed E-state index contributed by atoms with van der Waals surface area (Å²) in [5, 5.41) is 6.79. The molecule has 0 fully saturated rings. The maximum atomic E-state index is 6.15. The molecule has 0 heterocycles. The van der Waals surface area contributed by atoms with Gasteiger partial charge in [-0.2, -0.15) is 0 Å². The van der Waals surface area contributed by atoms with Crippen LogP contribution in [0.25, 0.3) is 10.8 Å². The fourth-order valence-electron chi connectivity index (χ4n) is 2.84. The Kier molecular flexibility index (Phi) is 5.95. The van der Waals surface area contributed by atoms with E-state index < -0.39 is 0 Å². The molecule has 0 aromatic heterocycles. The van der Waals surface area contributed by atoms with Gasteiger partial charge in [0.05, 0.1) is 0 Å². The number of fused-ring (bicyclic) bond motifs is 1. The Hall–Kier alpha value is -2.03. The van der Waals surface area contributed by atoms with Crippen molar-refractivity contribution in [1.82, 2.24) is 5.32 Å². The summed E-state index contributed by atoms with van der Waals surface area (Å²) in [6.45, 7) is 5.70. The minimum Gasteiger partial charge on any atom is -0.489 e. The molecule has 3 aromatic rings. The monoisotopic (exact) mass is 353 g/mol. The highest BCUT2D eigenvalue weighted by Crippen LogP contribution is 2.29. The first-order valence-corrected chi connectivity index (χ1v) is 9.16. The van der Waals surface area contributed by atoms with Crippen LogP contribution in [0, 0.1) is 0 Å². The Morgan fingerprint density at radius 2 is 1.88 bits per heavy atom. The second-order valence-electron chi connectivity index (χ2n) is 6.37. The Bertz CT molecular complexity index is 846. The molecule has 0 saturated heterocycles. The molecule has 25 heavy (non-hydrogen) atoms. The van der Waals surface area contributed by atoms with Gasteiger partial charge in [-0.25, -0.2) is 0 Å². The second kappa shape index (κ2) is 8.37. The molecular formula is C22H24ClNO. The van der Waals surface area contributed by atoms with Gasteiger partial charge in [0.15, 0.2) is 0 Å². The second-order valence-corrected chi connectivity index (χ2v) is 6.81. The molecule has 130 valence electrons. The summed E-state index contributed by atoms with van der Waals surface area (Å²) in [7, 11) is 0. The van der Waals surface area contributed by atoms with Crippen molar-refractivity contribution in [3.63, 3.8) is 0 Å². The van der Waals surface area contributed by atoms with E-state index in [0.29, 0.717) is 12.6 Å². The fraction of sp³-hybridized carbons (Fsp3) is 0.273. The maximum Gasteiger partial charge on any atom is 0.124 e. The molecular weight excluding hydrogens is 330 g/mol. The molecule has 0 aliphatic heterocycles. The number of hydrogen-bond donors (Lipinski definition) is 1. The van der Waals surface area contributed by atoms with Gasteiger partial charge in [-0.3, -0.25) is 0 Å². The van der Waals surface area contributed by atoms with E-state index in [2.05, 4.69) is 55.6 Å². The lowest BCUT2D eigenvalue weighted by molar-refractivity contribution is 0.302. The molecule has 0 aliphatic carbocycles. The highest BCUT2D eigenvalue weighted by Gasteiger charge is 2.10. The van der Waals surface area contributed by atoms with Gasteiger partial charge in [0.1, 0.15) is 12.4 Å². The zero-order valence-corrected chi connectivity index (χ0v) is 15.5. The van der Waals surface area contributed by atoms with E-state index in [9.17, 15) is 0 Å². The first-order valence-electron chi connectivity index (χ1n) is 8.78. The summed E-state index contributed by atoms with van der Waals surface area (Å²) in [5.41, 5.74) is 2.28. The highest BCUT2D eigenvalue weighted by atomic mass is 35.5. The highest BCUT2D eigenvalue weighted by molar-refractivity contribution is 6.30. The molecule has 0 aliphatic rings. The van der Waals surface area contributed by atoms with Gasteiger partial charge >= 0.3 is 0 Å². The summed E-state index contributed by atoms with van der Waals surface area (Å²) < 4.78 is 6.15. The molecule has 3 heteroatoms. The summed E-state index contributed by atoms with van der Waals surface area (Å²) in [5.74, 6) is 0.925. The third-order valence-corrected chi connectivity index (χ3v) is 4.76. The van der Waals surface area contributed by atoms with E-state index in [4.69, 9.17) is 16.3 Å². The first kappa shape index (κ1) is 17.8. The van der Waals surface area contributed by atoms with Crippen molar-refractivity contribution in [1.29, 1.82) is 0 Å². The van der Waals surface area contributed by atoms with Crippen LogP contribution in [0.4, 0.5) is 0 Å². The number of benzene rings is 3. The van der Waals surface area contributed by atoms with Crippen molar-refractivity contribution < 1.29 is 4.74 Å². The van der Waals surface area contributed by atoms with Gasteiger partial charge < -0.3 is 10.1 Å². The number of nitrogens with one attached hydrogen (secondary N) is 1. The zero-order chi connectivity index (χ0) is 17.6. The minimum atomic E-state index is 0.472. The zero-order valence-electron chi connectivity index (χ0n) is 14.8. The molecule has 2 nitrogen and oxygen atoms in total. The van der Waals surface area contributed by atoms with Gasteiger partial charge in [0, 0.05) is 23.2 Å². The number of rotatable bonds is 7. The molecule has 0 radical (unpaired) electrons. The minimum absolute atomic E-state index is 0.472. The number of halogens is 1. The van der Waals surface area contributed by atoms with Crippen LogP contribution in [-0.4, -0.2) is 6.04 Å². The van der Waals surface area contributed by atoms with Crippen molar-refractivity contribution in [2.45, 2.75) is 39.5 Å². The van der Waals surface area contributed by atoms with E-state index in [0.717, 1.165) is 29.3 Å². The number of ether oxygens (including phenoxy) is 1. The lowest BCUT2D eigenvalue weighted by Gasteiger charge is -2.17. The largest absolute Gasteiger partial charge is 0.489 e. The van der Waals surface area contributed by atoms with Crippen LogP contribution < -0.4 is 10.1 Å². The predicted octanol–water partition coefficient (Wildman–Crippen LogP) is 5.96. The average Bonchev–Trinajstić information content (AvgIpc) is 2.64. The molecule has 3 aromatic carbocycles. The molecule has 0 saturated carbocycles. The lowest BCUT2D eigenvalue weighted by Crippen LogP contribution is -2.24. The van der Waals surface area contributed by atoms with E-state index in [1.807, 2.05) is 24.3 Å². The van der Waals surface area contributed by atoms with Crippen LogP contribution in [-0.2, 0) is 13.2 Å². The standard InChI is InChI=1S/C22H24ClNO/c1-3-16(2)24-14-21-20-10-5-4-8-18(20)11-12-22(21)25-15-17-7-6-9-19(23)13-17/h4-13,16,24H,3,14-15H2,1-2H3. The van der Waals surface area contributed by atoms with Crippen LogP contribution in [0.1, 0.15) is 31.4 Å². The van der Waals surface area contributed by atoms with Crippen LogP contribution in [0.3, 0.4) is 0 Å². The lowest BCUT2D eigenvalue weighted by atomic mass is 10.0. The predicted molar refractivity (Wildman–Crippen MR) is 106 cm³/mol. The van der Waals surface area contributed by atoms with Crippen molar-refractivity contribution >= 4 is 22.4 Å². The Morgan fingerprint density at radius 1 is 1.04 bits per heavy atom. The van der Waals surface area contributed by atoms with Gasteiger partial charge in [0.25, 0.3) is 0 Å². The Balaban J connectivity index is 1.87. The Morgan fingerprint density at radius 3 is 2.68 bits per heavy atom. The third-order valence-electron chi connectivity index (χ3n) is 4.52. The Labute approximate surface area is 154 Å². The van der Waals surface area contributed by atoms with Crippen LogP contribution in [0.15, 0.2) is 60.7 Å². The molecule has 3 rings (SSSR count). The smallest absolute Gasteiger partial charge is 0.124 e. The van der Waals surface area contributed by atoms with Gasteiger partial charge in [-0.1, -0.05) is 61.0 Å². The molecule has 1 atom stereocenters. The topological polar surface area (TPSA) is 21.3 Å². The summed E-state index contributed by atoms with van der Waals surface area (Å²) >= 11 is 6.07. The van der Waals surface area contributed by atoms with Crippen molar-refractivity contribution in [2.75, 3.05) is 0 Å². The number of hydrogen-bond acceptors (Lipinski definition) is 2. The third kappa shape index (κ3) is 4.53. The summed E-state index contributed by atoms with van der Waals surface area (Å²) in [6.07, 6.45) is 1.10. The first-order chi connectivity index (χ1) is 12.2. The van der Waals surface area contributed by atoms with Crippen LogP contribution >= 0.6 is 11.6 Å². The van der Waals surface area contributed by atoms with Gasteiger partial charge in [-0.15, -0.1) is 0 Å². The average molecular weight is 354 g/mol. The van der Waals surface area contributed by atoms with E-state index in [-0.39, 0.29) is 0 Å². The normalized spacial score (nSPS) is 12.3. The van der Waals surface area contributed by atoms with Gasteiger partial charge in [-0.05, 0) is 47.9 Å².